The van der Waals surface area contributed by atoms with E-state index in [1.54, 1.807) is 19.2 Å². The molecule has 0 saturated carbocycles. The van der Waals surface area contributed by atoms with Crippen molar-refractivity contribution in [1.29, 1.82) is 0 Å². The summed E-state index contributed by atoms with van der Waals surface area (Å²) in [5.74, 6) is 0.401. The number of amides is 1. The molecule has 0 radical (unpaired) electrons. The second kappa shape index (κ2) is 6.30. The summed E-state index contributed by atoms with van der Waals surface area (Å²) in [6.07, 6.45) is 0. The Balaban J connectivity index is 2.67. The fraction of sp³-hybridized carbons (Fsp3) is 0.583. The largest absolute Gasteiger partial charge is 0.382 e. The fourth-order valence-electron chi connectivity index (χ4n) is 1.50. The van der Waals surface area contributed by atoms with E-state index in [9.17, 15) is 4.79 Å². The minimum absolute atomic E-state index is 0.257. The Bertz CT molecular complexity index is 390. The van der Waals surface area contributed by atoms with Gasteiger partial charge in [0.2, 0.25) is 0 Å². The zero-order chi connectivity index (χ0) is 13.6. The number of nitrogens with one attached hydrogen (secondary N) is 2. The molecule has 18 heavy (non-hydrogen) atoms. The number of carbonyl (C=O) groups excluding carboxylic acids is 1. The number of carbonyl (C=O) groups is 1. The van der Waals surface area contributed by atoms with Crippen molar-refractivity contribution in [3.05, 3.63) is 17.8 Å². The number of hydrogen-bond donors (Lipinski definition) is 2. The summed E-state index contributed by atoms with van der Waals surface area (Å²) in [6, 6.07) is 3.37. The molecule has 1 aromatic rings. The van der Waals surface area contributed by atoms with E-state index in [2.05, 4.69) is 20.8 Å². The molecule has 2 N–H and O–H groups in total. The van der Waals surface area contributed by atoms with Crippen molar-refractivity contribution >= 4 is 11.7 Å². The van der Waals surface area contributed by atoms with Gasteiger partial charge in [0.25, 0.3) is 5.91 Å². The van der Waals surface area contributed by atoms with Gasteiger partial charge in [-0.05, 0) is 32.9 Å². The van der Waals surface area contributed by atoms with Crippen LogP contribution in [0.4, 0.5) is 5.82 Å². The molecular weight excluding hydrogens is 232 g/mol. The summed E-state index contributed by atoms with van der Waals surface area (Å²) in [5, 5.41) is 13.6. The van der Waals surface area contributed by atoms with Crippen molar-refractivity contribution in [2.75, 3.05) is 25.6 Å². The first kappa shape index (κ1) is 14.4. The highest BCUT2D eigenvalue weighted by molar-refractivity contribution is 5.92. The van der Waals surface area contributed by atoms with E-state index in [1.807, 2.05) is 20.8 Å². The van der Waals surface area contributed by atoms with Crippen LogP contribution < -0.4 is 10.6 Å². The number of methoxy groups -OCH3 is 1. The third-order valence-corrected chi connectivity index (χ3v) is 2.21. The molecule has 0 saturated heterocycles. The van der Waals surface area contributed by atoms with E-state index in [0.717, 1.165) is 6.54 Å². The van der Waals surface area contributed by atoms with Crippen molar-refractivity contribution < 1.29 is 9.53 Å². The molecule has 0 aliphatic heterocycles. The van der Waals surface area contributed by atoms with Crippen molar-refractivity contribution in [2.24, 2.45) is 0 Å². The molecule has 6 heteroatoms. The van der Waals surface area contributed by atoms with Crippen LogP contribution in [0.2, 0.25) is 0 Å². The molecule has 6 nitrogen and oxygen atoms in total. The monoisotopic (exact) mass is 252 g/mol. The average molecular weight is 252 g/mol. The molecule has 0 bridgehead atoms. The molecule has 1 heterocycles. The molecule has 1 aromatic heterocycles. The number of nitrogens with zero attached hydrogens (tertiary/aromatic N) is 2. The molecular formula is C12H20N4O2. The minimum atomic E-state index is -0.437. The molecule has 100 valence electrons. The van der Waals surface area contributed by atoms with Gasteiger partial charge >= 0.3 is 0 Å². The number of ether oxygens (including phenoxy) is 1. The summed E-state index contributed by atoms with van der Waals surface area (Å²) in [6.45, 7) is 6.93. The highest BCUT2D eigenvalue weighted by Crippen LogP contribution is 2.06. The van der Waals surface area contributed by atoms with Crippen LogP contribution in [0.25, 0.3) is 0 Å². The molecule has 0 aliphatic rings. The molecule has 0 unspecified atom stereocenters. The van der Waals surface area contributed by atoms with Gasteiger partial charge in [0.15, 0.2) is 5.69 Å². The first-order valence-electron chi connectivity index (χ1n) is 5.87. The highest BCUT2D eigenvalue weighted by Gasteiger charge is 2.21. The first-order chi connectivity index (χ1) is 8.48. The molecule has 0 aromatic carbocycles. The Morgan fingerprint density at radius 1 is 1.39 bits per heavy atom. The first-order valence-corrected chi connectivity index (χ1v) is 5.87. The van der Waals surface area contributed by atoms with Crippen LogP contribution in [-0.4, -0.2) is 41.9 Å². The van der Waals surface area contributed by atoms with E-state index < -0.39 is 5.54 Å². The minimum Gasteiger partial charge on any atom is -0.382 e. The lowest BCUT2D eigenvalue weighted by molar-refractivity contribution is 0.0814. The maximum absolute atomic E-state index is 11.9. The van der Waals surface area contributed by atoms with E-state index in [1.165, 1.54) is 0 Å². The lowest BCUT2D eigenvalue weighted by atomic mass is 10.1. The Morgan fingerprint density at radius 2 is 2.11 bits per heavy atom. The normalized spacial score (nSPS) is 11.1. The predicted octanol–water partition coefficient (Wildman–Crippen LogP) is 1.06. The van der Waals surface area contributed by atoms with Gasteiger partial charge in [-0.25, -0.2) is 0 Å². The van der Waals surface area contributed by atoms with Crippen LogP contribution in [-0.2, 0) is 4.74 Å². The maximum Gasteiger partial charge on any atom is 0.272 e. The molecule has 0 atom stereocenters. The zero-order valence-corrected chi connectivity index (χ0v) is 11.3. The lowest BCUT2D eigenvalue weighted by Gasteiger charge is -2.24. The number of hydrogen-bond acceptors (Lipinski definition) is 5. The van der Waals surface area contributed by atoms with E-state index in [-0.39, 0.29) is 5.91 Å². The predicted molar refractivity (Wildman–Crippen MR) is 69.6 cm³/mol. The van der Waals surface area contributed by atoms with Crippen LogP contribution in [0.1, 0.15) is 31.3 Å². The fourth-order valence-corrected chi connectivity index (χ4v) is 1.50. The van der Waals surface area contributed by atoms with Crippen molar-refractivity contribution in [3.63, 3.8) is 0 Å². The van der Waals surface area contributed by atoms with Crippen molar-refractivity contribution in [1.82, 2.24) is 15.5 Å². The van der Waals surface area contributed by atoms with Gasteiger partial charge in [-0.15, -0.1) is 10.2 Å². The van der Waals surface area contributed by atoms with Gasteiger partial charge in [-0.2, -0.15) is 0 Å². The highest BCUT2D eigenvalue weighted by atomic mass is 16.5. The van der Waals surface area contributed by atoms with Gasteiger partial charge in [-0.1, -0.05) is 0 Å². The summed E-state index contributed by atoms with van der Waals surface area (Å²) < 4.78 is 5.03. The summed E-state index contributed by atoms with van der Waals surface area (Å²) >= 11 is 0. The summed E-state index contributed by atoms with van der Waals surface area (Å²) in [7, 11) is 1.60. The average Bonchev–Trinajstić information content (AvgIpc) is 2.29. The van der Waals surface area contributed by atoms with Crippen LogP contribution in [0, 0.1) is 0 Å². The Labute approximate surface area is 107 Å². The van der Waals surface area contributed by atoms with Crippen LogP contribution in [0.5, 0.6) is 0 Å². The topological polar surface area (TPSA) is 76.1 Å². The van der Waals surface area contributed by atoms with Gasteiger partial charge in [0, 0.05) is 13.7 Å². The number of rotatable bonds is 6. The second-order valence-electron chi connectivity index (χ2n) is 4.61. The Kier molecular flexibility index (Phi) is 5.03. The number of anilines is 1. The van der Waals surface area contributed by atoms with E-state index >= 15 is 0 Å². The summed E-state index contributed by atoms with van der Waals surface area (Å²) in [4.78, 5) is 11.9. The van der Waals surface area contributed by atoms with E-state index in [0.29, 0.717) is 18.1 Å². The standard InChI is InChI=1S/C12H20N4O2/c1-5-13-10-7-6-9(15-16-10)11(17)14-12(2,3)8-18-4/h6-7H,5,8H2,1-4H3,(H,13,16)(H,14,17). The quantitative estimate of drug-likeness (QED) is 0.792. The van der Waals surface area contributed by atoms with Gasteiger partial charge in [0.05, 0.1) is 12.1 Å². The van der Waals surface area contributed by atoms with Gasteiger partial charge in [0.1, 0.15) is 5.82 Å². The third kappa shape index (κ3) is 4.29. The maximum atomic E-state index is 11.9. The molecule has 0 aliphatic carbocycles. The molecule has 1 rings (SSSR count). The number of aromatic nitrogens is 2. The van der Waals surface area contributed by atoms with E-state index in [4.69, 9.17) is 4.74 Å². The van der Waals surface area contributed by atoms with Crippen molar-refractivity contribution in [2.45, 2.75) is 26.3 Å². The SMILES string of the molecule is CCNc1ccc(C(=O)NC(C)(C)COC)nn1. The van der Waals surface area contributed by atoms with Crippen molar-refractivity contribution in [3.8, 4) is 0 Å². The van der Waals surface area contributed by atoms with Crippen LogP contribution in [0.3, 0.4) is 0 Å². The second-order valence-corrected chi connectivity index (χ2v) is 4.61. The smallest absolute Gasteiger partial charge is 0.272 e. The van der Waals surface area contributed by atoms with Crippen LogP contribution >= 0.6 is 0 Å². The summed E-state index contributed by atoms with van der Waals surface area (Å²) in [5.41, 5.74) is -0.144. The van der Waals surface area contributed by atoms with Gasteiger partial charge in [-0.3, -0.25) is 4.79 Å². The van der Waals surface area contributed by atoms with Crippen LogP contribution in [0.15, 0.2) is 12.1 Å². The molecule has 1 amide bonds. The van der Waals surface area contributed by atoms with Gasteiger partial charge < -0.3 is 15.4 Å². The Hall–Kier alpha value is -1.69. The molecule has 0 fully saturated rings. The third-order valence-electron chi connectivity index (χ3n) is 2.21. The lowest BCUT2D eigenvalue weighted by Crippen LogP contribution is -2.47. The molecule has 0 spiro atoms. The Morgan fingerprint density at radius 3 is 2.61 bits per heavy atom. The zero-order valence-electron chi connectivity index (χ0n) is 11.3.